The summed E-state index contributed by atoms with van der Waals surface area (Å²) < 4.78 is 18.7. The second-order valence-electron chi connectivity index (χ2n) is 9.02. The van der Waals surface area contributed by atoms with Crippen molar-refractivity contribution in [2.75, 3.05) is 6.61 Å². The molecule has 0 radical (unpaired) electrons. The summed E-state index contributed by atoms with van der Waals surface area (Å²) in [7, 11) is -0.0390. The lowest BCUT2D eigenvalue weighted by Gasteiger charge is -2.64. The van der Waals surface area contributed by atoms with Crippen LogP contribution in [0.15, 0.2) is 24.3 Å². The van der Waals surface area contributed by atoms with Gasteiger partial charge in [-0.2, -0.15) is 0 Å². The highest BCUT2D eigenvalue weighted by Gasteiger charge is 2.67. The summed E-state index contributed by atoms with van der Waals surface area (Å²) in [4.78, 5) is 0. The fraction of sp³-hybridized carbons (Fsp3) is 0.700. The fourth-order valence-corrected chi connectivity index (χ4v) is 5.88. The molecule has 0 aromatic heterocycles. The SMILES string of the molecule is CC1(C)[C@@H]2C[C@H]3OB(CCC4COc5ccccc54)O[C@@]3(C)[C@H]1C2. The summed E-state index contributed by atoms with van der Waals surface area (Å²) >= 11 is 0. The monoisotopic (exact) mass is 326 g/mol. The van der Waals surface area contributed by atoms with Crippen LogP contribution in [0.25, 0.3) is 0 Å². The molecular formula is C20H27BO3. The Hall–Kier alpha value is -0.995. The van der Waals surface area contributed by atoms with Crippen LogP contribution in [0.5, 0.6) is 5.75 Å². The zero-order valence-electron chi connectivity index (χ0n) is 15.0. The number of para-hydroxylation sites is 1. The molecule has 2 aliphatic heterocycles. The van der Waals surface area contributed by atoms with Crippen molar-refractivity contribution >= 4 is 7.12 Å². The first-order valence-corrected chi connectivity index (χ1v) is 9.53. The van der Waals surface area contributed by atoms with Crippen LogP contribution in [0.2, 0.25) is 6.32 Å². The minimum atomic E-state index is -0.0764. The molecule has 6 rings (SSSR count). The molecule has 5 atom stereocenters. The average molecular weight is 326 g/mol. The zero-order chi connectivity index (χ0) is 16.5. The highest BCUT2D eigenvalue weighted by atomic mass is 16.7. The Kier molecular flexibility index (Phi) is 3.19. The Labute approximate surface area is 145 Å². The minimum Gasteiger partial charge on any atom is -0.493 e. The van der Waals surface area contributed by atoms with Crippen molar-refractivity contribution in [1.29, 1.82) is 0 Å². The van der Waals surface area contributed by atoms with E-state index >= 15 is 0 Å². The highest BCUT2D eigenvalue weighted by molar-refractivity contribution is 6.45. The molecule has 3 nitrogen and oxygen atoms in total. The molecule has 0 amide bonds. The van der Waals surface area contributed by atoms with Crippen LogP contribution in [-0.4, -0.2) is 25.4 Å². The van der Waals surface area contributed by atoms with Crippen molar-refractivity contribution in [2.24, 2.45) is 17.3 Å². The zero-order valence-corrected chi connectivity index (χ0v) is 15.0. The molecule has 1 saturated heterocycles. The Bertz CT molecular complexity index is 660. The van der Waals surface area contributed by atoms with E-state index in [2.05, 4.69) is 39.0 Å². The lowest BCUT2D eigenvalue weighted by molar-refractivity contribution is -0.199. The molecule has 1 unspecified atom stereocenters. The van der Waals surface area contributed by atoms with Crippen molar-refractivity contribution in [2.45, 2.75) is 64.0 Å². The quantitative estimate of drug-likeness (QED) is 0.776. The summed E-state index contributed by atoms with van der Waals surface area (Å²) in [6.07, 6.45) is 4.83. The van der Waals surface area contributed by atoms with E-state index < -0.39 is 0 Å². The summed E-state index contributed by atoms with van der Waals surface area (Å²) in [5.74, 6) is 3.00. The van der Waals surface area contributed by atoms with Gasteiger partial charge >= 0.3 is 7.12 Å². The van der Waals surface area contributed by atoms with E-state index in [4.69, 9.17) is 14.0 Å². The molecule has 0 N–H and O–H groups in total. The largest absolute Gasteiger partial charge is 0.493 e. The molecule has 2 heterocycles. The molecule has 5 aliphatic rings. The van der Waals surface area contributed by atoms with E-state index in [1.165, 1.54) is 18.4 Å². The first-order valence-electron chi connectivity index (χ1n) is 9.53. The third kappa shape index (κ3) is 1.99. The number of fused-ring (bicyclic) bond motifs is 1. The molecular weight excluding hydrogens is 299 g/mol. The Balaban J connectivity index is 1.25. The summed E-state index contributed by atoms with van der Waals surface area (Å²) in [6.45, 7) is 7.92. The molecule has 4 heteroatoms. The van der Waals surface area contributed by atoms with E-state index in [1.54, 1.807) is 0 Å². The topological polar surface area (TPSA) is 27.7 Å². The summed E-state index contributed by atoms with van der Waals surface area (Å²) in [5, 5.41) is 0. The van der Waals surface area contributed by atoms with Gasteiger partial charge in [-0.25, -0.2) is 0 Å². The van der Waals surface area contributed by atoms with E-state index in [0.717, 1.165) is 31.0 Å². The smallest absolute Gasteiger partial charge is 0.457 e. The van der Waals surface area contributed by atoms with Crippen molar-refractivity contribution < 1.29 is 14.0 Å². The Morgan fingerprint density at radius 1 is 1.17 bits per heavy atom. The highest BCUT2D eigenvalue weighted by Crippen LogP contribution is 2.65. The third-order valence-corrected chi connectivity index (χ3v) is 7.55. The molecule has 3 saturated carbocycles. The second-order valence-corrected chi connectivity index (χ2v) is 9.02. The maximum atomic E-state index is 6.52. The van der Waals surface area contributed by atoms with Crippen LogP contribution in [-0.2, 0) is 9.31 Å². The van der Waals surface area contributed by atoms with Gasteiger partial charge in [-0.3, -0.25) is 0 Å². The van der Waals surface area contributed by atoms with Gasteiger partial charge in [-0.05, 0) is 55.8 Å². The molecule has 128 valence electrons. The van der Waals surface area contributed by atoms with E-state index in [0.29, 0.717) is 23.4 Å². The van der Waals surface area contributed by atoms with Crippen LogP contribution in [0.3, 0.4) is 0 Å². The van der Waals surface area contributed by atoms with Gasteiger partial charge in [-0.15, -0.1) is 0 Å². The Morgan fingerprint density at radius 2 is 2.00 bits per heavy atom. The standard InChI is InChI=1S/C20H27BO3/c1-19(2)14-10-17(19)20(3)18(11-14)23-21(24-20)9-8-13-12-22-16-7-5-4-6-15(13)16/h4-7,13-14,17-18H,8-12H2,1-3H3/t13?,14-,17-,18+,20-/m0/s1. The molecule has 24 heavy (non-hydrogen) atoms. The molecule has 1 aromatic carbocycles. The van der Waals surface area contributed by atoms with Crippen molar-refractivity contribution in [1.82, 2.24) is 0 Å². The van der Waals surface area contributed by atoms with Gasteiger partial charge in [0.2, 0.25) is 0 Å². The predicted octanol–water partition coefficient (Wildman–Crippen LogP) is 4.28. The Morgan fingerprint density at radius 3 is 2.83 bits per heavy atom. The van der Waals surface area contributed by atoms with E-state index in [-0.39, 0.29) is 12.7 Å². The van der Waals surface area contributed by atoms with Crippen molar-refractivity contribution in [3.63, 3.8) is 0 Å². The van der Waals surface area contributed by atoms with Gasteiger partial charge in [0.15, 0.2) is 0 Å². The summed E-state index contributed by atoms with van der Waals surface area (Å²) in [6, 6.07) is 8.42. The van der Waals surface area contributed by atoms with Crippen LogP contribution < -0.4 is 4.74 Å². The number of benzene rings is 1. The first-order chi connectivity index (χ1) is 11.5. The molecule has 1 aromatic rings. The fourth-order valence-electron chi connectivity index (χ4n) is 5.88. The van der Waals surface area contributed by atoms with Gasteiger partial charge in [0.05, 0.1) is 18.3 Å². The normalized spacial score (nSPS) is 41.4. The second kappa shape index (κ2) is 5.01. The summed E-state index contributed by atoms with van der Waals surface area (Å²) in [5.41, 5.74) is 1.69. The van der Waals surface area contributed by atoms with Crippen molar-refractivity contribution in [3.8, 4) is 5.75 Å². The number of ether oxygens (including phenoxy) is 1. The number of hydrogen-bond acceptors (Lipinski definition) is 3. The van der Waals surface area contributed by atoms with Gasteiger partial charge < -0.3 is 14.0 Å². The van der Waals surface area contributed by atoms with Gasteiger partial charge in [0.1, 0.15) is 5.75 Å². The van der Waals surface area contributed by atoms with Gasteiger partial charge in [0.25, 0.3) is 0 Å². The lowest BCUT2D eigenvalue weighted by atomic mass is 9.43. The van der Waals surface area contributed by atoms with Crippen LogP contribution >= 0.6 is 0 Å². The van der Waals surface area contributed by atoms with Crippen LogP contribution in [0.4, 0.5) is 0 Å². The average Bonchev–Trinajstić information content (AvgIpc) is 3.12. The van der Waals surface area contributed by atoms with E-state index in [9.17, 15) is 0 Å². The van der Waals surface area contributed by atoms with E-state index in [1.807, 2.05) is 6.07 Å². The maximum Gasteiger partial charge on any atom is 0.457 e. The molecule has 2 bridgehead atoms. The van der Waals surface area contributed by atoms with Gasteiger partial charge in [0, 0.05) is 11.5 Å². The minimum absolute atomic E-state index is 0.0390. The number of rotatable bonds is 3. The molecule has 4 fully saturated rings. The van der Waals surface area contributed by atoms with Gasteiger partial charge in [-0.1, -0.05) is 32.0 Å². The van der Waals surface area contributed by atoms with Crippen molar-refractivity contribution in [3.05, 3.63) is 29.8 Å². The number of hydrogen-bond donors (Lipinski definition) is 0. The lowest BCUT2D eigenvalue weighted by Crippen LogP contribution is -2.65. The first kappa shape index (κ1) is 15.3. The third-order valence-electron chi connectivity index (χ3n) is 7.55. The van der Waals surface area contributed by atoms with Crippen LogP contribution in [0, 0.1) is 17.3 Å². The maximum absolute atomic E-state index is 6.52. The van der Waals surface area contributed by atoms with Crippen LogP contribution in [0.1, 0.15) is 51.5 Å². The predicted molar refractivity (Wildman–Crippen MR) is 94.2 cm³/mol. The molecule has 3 aliphatic carbocycles. The molecule has 0 spiro atoms.